The average molecular weight is 285 g/mol. The monoisotopic (exact) mass is 284 g/mol. The van der Waals surface area contributed by atoms with Crippen LogP contribution >= 0.6 is 15.9 Å². The molecule has 0 saturated carbocycles. The van der Waals surface area contributed by atoms with Crippen LogP contribution in [0.4, 0.5) is 0 Å². The normalized spacial score (nSPS) is 12.2. The highest BCUT2D eigenvalue weighted by molar-refractivity contribution is 9.10. The number of hydrogen-bond acceptors (Lipinski definition) is 2. The molecule has 2 N–H and O–H groups in total. The second-order valence-corrected chi connectivity index (χ2v) is 4.59. The number of carbonyl (C=O) groups excluding carboxylic acids is 1. The molecule has 0 radical (unpaired) electrons. The highest BCUT2D eigenvalue weighted by Gasteiger charge is 2.16. The fourth-order valence-corrected chi connectivity index (χ4v) is 1.88. The van der Waals surface area contributed by atoms with Crippen LogP contribution in [0.1, 0.15) is 19.4 Å². The van der Waals surface area contributed by atoms with Crippen LogP contribution in [0.15, 0.2) is 28.7 Å². The first-order valence-corrected chi connectivity index (χ1v) is 6.13. The van der Waals surface area contributed by atoms with Gasteiger partial charge in [0.1, 0.15) is 0 Å². The van der Waals surface area contributed by atoms with Gasteiger partial charge < -0.3 is 10.6 Å². The summed E-state index contributed by atoms with van der Waals surface area (Å²) in [6.07, 6.45) is 0. The summed E-state index contributed by atoms with van der Waals surface area (Å²) in [5.74, 6) is -0.0155. The lowest BCUT2D eigenvalue weighted by atomic mass is 10.2. The van der Waals surface area contributed by atoms with Crippen LogP contribution < -0.4 is 5.73 Å². The summed E-state index contributed by atoms with van der Waals surface area (Å²) in [5.41, 5.74) is 6.70. The molecule has 0 aromatic heterocycles. The summed E-state index contributed by atoms with van der Waals surface area (Å²) in [6, 6.07) is 7.45. The number of rotatable bonds is 4. The molecule has 88 valence electrons. The summed E-state index contributed by atoms with van der Waals surface area (Å²) in [5, 5.41) is 0. The third-order valence-corrected chi connectivity index (χ3v) is 3.18. The van der Waals surface area contributed by atoms with Crippen molar-refractivity contribution in [1.29, 1.82) is 0 Å². The van der Waals surface area contributed by atoms with Gasteiger partial charge in [0.25, 0.3) is 0 Å². The molecule has 0 bridgehead atoms. The molecular weight excluding hydrogens is 268 g/mol. The van der Waals surface area contributed by atoms with Gasteiger partial charge >= 0.3 is 0 Å². The van der Waals surface area contributed by atoms with E-state index in [2.05, 4.69) is 15.9 Å². The van der Waals surface area contributed by atoms with Crippen molar-refractivity contribution >= 4 is 21.8 Å². The smallest absolute Gasteiger partial charge is 0.239 e. The molecule has 1 aromatic rings. The van der Waals surface area contributed by atoms with Crippen LogP contribution in [0.2, 0.25) is 0 Å². The van der Waals surface area contributed by atoms with Gasteiger partial charge in [0.2, 0.25) is 5.91 Å². The highest BCUT2D eigenvalue weighted by Crippen LogP contribution is 2.17. The summed E-state index contributed by atoms with van der Waals surface area (Å²) in [7, 11) is 0. The van der Waals surface area contributed by atoms with Gasteiger partial charge in [-0.15, -0.1) is 0 Å². The predicted molar refractivity (Wildman–Crippen MR) is 68.9 cm³/mol. The van der Waals surface area contributed by atoms with Crippen LogP contribution in [-0.2, 0) is 11.3 Å². The Labute approximate surface area is 105 Å². The van der Waals surface area contributed by atoms with Gasteiger partial charge in [-0.2, -0.15) is 0 Å². The van der Waals surface area contributed by atoms with Crippen LogP contribution in [-0.4, -0.2) is 23.4 Å². The molecule has 0 heterocycles. The minimum atomic E-state index is -0.442. The number of likely N-dealkylation sites (N-methyl/N-ethyl adjacent to an activating group) is 1. The van der Waals surface area contributed by atoms with Crippen molar-refractivity contribution in [2.24, 2.45) is 5.73 Å². The molecule has 1 rings (SSSR count). The maximum atomic E-state index is 11.8. The number of carbonyl (C=O) groups is 1. The Morgan fingerprint density at radius 1 is 1.50 bits per heavy atom. The van der Waals surface area contributed by atoms with E-state index in [0.717, 1.165) is 10.0 Å². The van der Waals surface area contributed by atoms with E-state index in [0.29, 0.717) is 13.1 Å². The standard InChI is InChI=1S/C12H17BrN2O/c1-3-15(12(16)9(2)14)8-10-6-4-5-7-11(10)13/h4-7,9H,3,8,14H2,1-2H3/t9-/m0/s1. The first kappa shape index (κ1) is 13.2. The van der Waals surface area contributed by atoms with Crippen molar-refractivity contribution in [1.82, 2.24) is 4.90 Å². The largest absolute Gasteiger partial charge is 0.337 e. The van der Waals surface area contributed by atoms with Crippen LogP contribution in [0.25, 0.3) is 0 Å². The van der Waals surface area contributed by atoms with E-state index in [1.54, 1.807) is 11.8 Å². The van der Waals surface area contributed by atoms with Crippen molar-refractivity contribution in [3.63, 3.8) is 0 Å². The van der Waals surface area contributed by atoms with Gasteiger partial charge in [-0.05, 0) is 25.5 Å². The van der Waals surface area contributed by atoms with Gasteiger partial charge in [-0.25, -0.2) is 0 Å². The minimum Gasteiger partial charge on any atom is -0.337 e. The van der Waals surface area contributed by atoms with Gasteiger partial charge in [-0.1, -0.05) is 34.1 Å². The van der Waals surface area contributed by atoms with Crippen LogP contribution in [0.5, 0.6) is 0 Å². The van der Waals surface area contributed by atoms with Crippen molar-refractivity contribution in [2.75, 3.05) is 6.54 Å². The lowest BCUT2D eigenvalue weighted by molar-refractivity contribution is -0.132. The van der Waals surface area contributed by atoms with Crippen molar-refractivity contribution in [2.45, 2.75) is 26.4 Å². The number of nitrogens with two attached hydrogens (primary N) is 1. The quantitative estimate of drug-likeness (QED) is 0.921. The third-order valence-electron chi connectivity index (χ3n) is 2.40. The molecule has 3 nitrogen and oxygen atoms in total. The Hall–Kier alpha value is -0.870. The van der Waals surface area contributed by atoms with Gasteiger partial charge in [0.15, 0.2) is 0 Å². The SMILES string of the molecule is CCN(Cc1ccccc1Br)C(=O)[C@H](C)N. The summed E-state index contributed by atoms with van der Waals surface area (Å²) < 4.78 is 1.02. The number of benzene rings is 1. The Balaban J connectivity index is 2.78. The van der Waals surface area contributed by atoms with Gasteiger partial charge in [-0.3, -0.25) is 4.79 Å². The maximum absolute atomic E-state index is 11.8. The van der Waals surface area contributed by atoms with Crippen LogP contribution in [0, 0.1) is 0 Å². The molecule has 1 amide bonds. The fourth-order valence-electron chi connectivity index (χ4n) is 1.47. The molecule has 1 aromatic carbocycles. The Morgan fingerprint density at radius 2 is 2.12 bits per heavy atom. The molecule has 0 aliphatic heterocycles. The summed E-state index contributed by atoms with van der Waals surface area (Å²) in [4.78, 5) is 13.5. The van der Waals surface area contributed by atoms with E-state index in [4.69, 9.17) is 5.73 Å². The Bertz CT molecular complexity index is 366. The Kier molecular flexibility index (Phi) is 4.96. The zero-order valence-electron chi connectivity index (χ0n) is 9.61. The number of halogens is 1. The van der Waals surface area contributed by atoms with E-state index in [9.17, 15) is 4.79 Å². The molecule has 0 saturated heterocycles. The highest BCUT2D eigenvalue weighted by atomic mass is 79.9. The van der Waals surface area contributed by atoms with Gasteiger partial charge in [0, 0.05) is 17.6 Å². The Morgan fingerprint density at radius 3 is 2.62 bits per heavy atom. The maximum Gasteiger partial charge on any atom is 0.239 e. The predicted octanol–water partition coefficient (Wildman–Crippen LogP) is 2.14. The number of amides is 1. The molecule has 0 fully saturated rings. The van der Waals surface area contributed by atoms with E-state index >= 15 is 0 Å². The number of hydrogen-bond donors (Lipinski definition) is 1. The summed E-state index contributed by atoms with van der Waals surface area (Å²) >= 11 is 3.47. The average Bonchev–Trinajstić information content (AvgIpc) is 2.27. The molecule has 0 unspecified atom stereocenters. The molecular formula is C12H17BrN2O. The lowest BCUT2D eigenvalue weighted by Gasteiger charge is -2.23. The van der Waals surface area contributed by atoms with Crippen molar-refractivity contribution in [3.8, 4) is 0 Å². The first-order chi connectivity index (χ1) is 7.56. The van der Waals surface area contributed by atoms with Crippen LogP contribution in [0.3, 0.4) is 0 Å². The molecule has 16 heavy (non-hydrogen) atoms. The summed E-state index contributed by atoms with van der Waals surface area (Å²) in [6.45, 7) is 4.93. The van der Waals surface area contributed by atoms with Crippen molar-refractivity contribution in [3.05, 3.63) is 34.3 Å². The van der Waals surface area contributed by atoms with E-state index < -0.39 is 6.04 Å². The molecule has 4 heteroatoms. The fraction of sp³-hybridized carbons (Fsp3) is 0.417. The number of nitrogens with zero attached hydrogens (tertiary/aromatic N) is 1. The van der Waals surface area contributed by atoms with E-state index in [-0.39, 0.29) is 5.91 Å². The minimum absolute atomic E-state index is 0.0155. The van der Waals surface area contributed by atoms with Crippen molar-refractivity contribution < 1.29 is 4.79 Å². The third kappa shape index (κ3) is 3.32. The second kappa shape index (κ2) is 6.01. The second-order valence-electron chi connectivity index (χ2n) is 3.73. The topological polar surface area (TPSA) is 46.3 Å². The zero-order chi connectivity index (χ0) is 12.1. The molecule has 0 spiro atoms. The molecule has 0 aliphatic rings. The zero-order valence-corrected chi connectivity index (χ0v) is 11.2. The molecule has 1 atom stereocenters. The van der Waals surface area contributed by atoms with E-state index in [1.165, 1.54) is 0 Å². The van der Waals surface area contributed by atoms with Gasteiger partial charge in [0.05, 0.1) is 6.04 Å². The lowest BCUT2D eigenvalue weighted by Crippen LogP contribution is -2.41. The first-order valence-electron chi connectivity index (χ1n) is 5.34. The molecule has 0 aliphatic carbocycles. The van der Waals surface area contributed by atoms with E-state index in [1.807, 2.05) is 31.2 Å².